The molecule has 1 saturated carbocycles. The molecule has 0 N–H and O–H groups in total. The average molecular weight is 344 g/mol. The Balaban J connectivity index is 1.87. The highest BCUT2D eigenvalue weighted by Crippen LogP contribution is 2.32. The molecule has 0 saturated heterocycles. The van der Waals surface area contributed by atoms with Crippen LogP contribution < -0.4 is 0 Å². The van der Waals surface area contributed by atoms with Gasteiger partial charge >= 0.3 is 5.97 Å². The van der Waals surface area contributed by atoms with Gasteiger partial charge in [0.05, 0.1) is 6.07 Å². The van der Waals surface area contributed by atoms with E-state index in [1.165, 1.54) is 41.3 Å². The normalized spacial score (nSPS) is 16.2. The van der Waals surface area contributed by atoms with Crippen LogP contribution in [0.4, 0.5) is 4.39 Å². The van der Waals surface area contributed by atoms with Crippen LogP contribution in [0.1, 0.15) is 37.7 Å². The van der Waals surface area contributed by atoms with E-state index >= 15 is 0 Å². The van der Waals surface area contributed by atoms with E-state index < -0.39 is 24.0 Å². The van der Waals surface area contributed by atoms with Crippen LogP contribution in [-0.2, 0) is 14.3 Å². The van der Waals surface area contributed by atoms with Crippen LogP contribution in [0.5, 0.6) is 0 Å². The fourth-order valence-corrected chi connectivity index (χ4v) is 2.91. The van der Waals surface area contributed by atoms with Gasteiger partial charge in [0.25, 0.3) is 5.91 Å². The molecule has 0 heterocycles. The molecular formula is C19H21FN2O3. The SMILES string of the molecule is CN(C(=O)COC(=O)/C=C/c1ccc(F)cc1)C1(C#N)CCCCC1. The number of likely N-dealkylation sites (N-methyl/N-ethyl adjacent to an activating group) is 1. The number of carbonyl (C=O) groups excluding carboxylic acids is 2. The van der Waals surface area contributed by atoms with Crippen molar-refractivity contribution in [3.8, 4) is 6.07 Å². The van der Waals surface area contributed by atoms with Crippen LogP contribution in [0.3, 0.4) is 0 Å². The molecule has 0 bridgehead atoms. The molecule has 0 atom stereocenters. The molecular weight excluding hydrogens is 323 g/mol. The molecule has 1 aromatic carbocycles. The Morgan fingerprint density at radius 2 is 1.92 bits per heavy atom. The van der Waals surface area contributed by atoms with Gasteiger partial charge in [0.15, 0.2) is 6.61 Å². The zero-order chi connectivity index (χ0) is 18.3. The largest absolute Gasteiger partial charge is 0.452 e. The summed E-state index contributed by atoms with van der Waals surface area (Å²) in [6.07, 6.45) is 6.83. The standard InChI is InChI=1S/C19H21FN2O3/c1-22(19(14-21)11-3-2-4-12-19)17(23)13-25-18(24)10-7-15-5-8-16(20)9-6-15/h5-10H,2-4,11-13H2,1H3/b10-7+. The lowest BCUT2D eigenvalue weighted by molar-refractivity contribution is -0.150. The predicted molar refractivity (Wildman–Crippen MR) is 90.6 cm³/mol. The van der Waals surface area contributed by atoms with E-state index in [0.29, 0.717) is 18.4 Å². The van der Waals surface area contributed by atoms with Crippen molar-refractivity contribution >= 4 is 18.0 Å². The molecule has 132 valence electrons. The average Bonchev–Trinajstić information content (AvgIpc) is 2.65. The third-order valence-electron chi connectivity index (χ3n) is 4.52. The summed E-state index contributed by atoms with van der Waals surface area (Å²) >= 11 is 0. The van der Waals surface area contributed by atoms with Gasteiger partial charge in [0, 0.05) is 13.1 Å². The van der Waals surface area contributed by atoms with E-state index in [1.807, 2.05) is 0 Å². The van der Waals surface area contributed by atoms with Crippen molar-refractivity contribution in [2.24, 2.45) is 0 Å². The lowest BCUT2D eigenvalue weighted by Gasteiger charge is -2.38. The van der Waals surface area contributed by atoms with Crippen LogP contribution >= 0.6 is 0 Å². The zero-order valence-corrected chi connectivity index (χ0v) is 14.2. The summed E-state index contributed by atoms with van der Waals surface area (Å²) in [6, 6.07) is 7.88. The van der Waals surface area contributed by atoms with Crippen molar-refractivity contribution in [3.05, 3.63) is 41.7 Å². The number of hydrogen-bond donors (Lipinski definition) is 0. The molecule has 1 aliphatic rings. The van der Waals surface area contributed by atoms with Crippen LogP contribution in [-0.4, -0.2) is 36.0 Å². The van der Waals surface area contributed by atoms with Gasteiger partial charge in [-0.25, -0.2) is 9.18 Å². The minimum Gasteiger partial charge on any atom is -0.452 e. The molecule has 1 fully saturated rings. The summed E-state index contributed by atoms with van der Waals surface area (Å²) in [5.41, 5.74) is -0.154. The van der Waals surface area contributed by atoms with E-state index in [4.69, 9.17) is 4.74 Å². The Hall–Kier alpha value is -2.68. The first-order valence-electron chi connectivity index (χ1n) is 8.25. The molecule has 0 radical (unpaired) electrons. The van der Waals surface area contributed by atoms with Crippen molar-refractivity contribution in [2.75, 3.05) is 13.7 Å². The Morgan fingerprint density at radius 3 is 2.52 bits per heavy atom. The first kappa shape index (κ1) is 18.7. The van der Waals surface area contributed by atoms with Crippen LogP contribution in [0.25, 0.3) is 6.08 Å². The van der Waals surface area contributed by atoms with Crippen molar-refractivity contribution in [1.29, 1.82) is 5.26 Å². The fourth-order valence-electron chi connectivity index (χ4n) is 2.91. The number of amides is 1. The summed E-state index contributed by atoms with van der Waals surface area (Å²) < 4.78 is 17.8. The number of halogens is 1. The third kappa shape index (κ3) is 4.90. The number of carbonyl (C=O) groups is 2. The second kappa shape index (κ2) is 8.43. The smallest absolute Gasteiger partial charge is 0.331 e. The molecule has 2 rings (SSSR count). The monoisotopic (exact) mass is 344 g/mol. The van der Waals surface area contributed by atoms with Gasteiger partial charge in [-0.3, -0.25) is 4.79 Å². The number of hydrogen-bond acceptors (Lipinski definition) is 4. The number of nitriles is 1. The number of rotatable bonds is 5. The van der Waals surface area contributed by atoms with Crippen LogP contribution in [0.2, 0.25) is 0 Å². The van der Waals surface area contributed by atoms with E-state index in [0.717, 1.165) is 19.3 Å². The maximum Gasteiger partial charge on any atom is 0.331 e. The molecule has 0 aliphatic heterocycles. The fraction of sp³-hybridized carbons (Fsp3) is 0.421. The minimum absolute atomic E-state index is 0.359. The van der Waals surface area contributed by atoms with Gasteiger partial charge < -0.3 is 9.64 Å². The summed E-state index contributed by atoms with van der Waals surface area (Å²) in [5.74, 6) is -1.42. The van der Waals surface area contributed by atoms with Crippen molar-refractivity contribution in [1.82, 2.24) is 4.90 Å². The van der Waals surface area contributed by atoms with Crippen molar-refractivity contribution in [2.45, 2.75) is 37.6 Å². The quantitative estimate of drug-likeness (QED) is 0.608. The Kier molecular flexibility index (Phi) is 6.29. The summed E-state index contributed by atoms with van der Waals surface area (Å²) in [7, 11) is 1.58. The third-order valence-corrected chi connectivity index (χ3v) is 4.52. The first-order chi connectivity index (χ1) is 12.0. The van der Waals surface area contributed by atoms with Crippen molar-refractivity contribution in [3.63, 3.8) is 0 Å². The zero-order valence-electron chi connectivity index (χ0n) is 14.2. The maximum atomic E-state index is 12.8. The van der Waals surface area contributed by atoms with E-state index in [2.05, 4.69) is 6.07 Å². The predicted octanol–water partition coefficient (Wildman–Crippen LogP) is 3.07. The molecule has 1 aromatic rings. The number of benzene rings is 1. The second-order valence-corrected chi connectivity index (χ2v) is 6.15. The lowest BCUT2D eigenvalue weighted by Crippen LogP contribution is -2.51. The lowest BCUT2D eigenvalue weighted by atomic mass is 9.81. The Morgan fingerprint density at radius 1 is 1.28 bits per heavy atom. The molecule has 6 heteroatoms. The first-order valence-corrected chi connectivity index (χ1v) is 8.25. The highest BCUT2D eigenvalue weighted by atomic mass is 19.1. The number of esters is 1. The molecule has 0 aromatic heterocycles. The van der Waals surface area contributed by atoms with Gasteiger partial charge in [0.2, 0.25) is 0 Å². The van der Waals surface area contributed by atoms with Gasteiger partial charge in [-0.2, -0.15) is 5.26 Å². The van der Waals surface area contributed by atoms with Crippen LogP contribution in [0.15, 0.2) is 30.3 Å². The number of nitrogens with zero attached hydrogens (tertiary/aromatic N) is 2. The highest BCUT2D eigenvalue weighted by molar-refractivity contribution is 5.89. The van der Waals surface area contributed by atoms with Gasteiger partial charge in [-0.1, -0.05) is 31.4 Å². The Bertz CT molecular complexity index is 686. The molecule has 1 amide bonds. The number of ether oxygens (including phenoxy) is 1. The molecule has 5 nitrogen and oxygen atoms in total. The molecule has 1 aliphatic carbocycles. The second-order valence-electron chi connectivity index (χ2n) is 6.15. The van der Waals surface area contributed by atoms with Gasteiger partial charge in [-0.05, 0) is 36.6 Å². The summed E-state index contributed by atoms with van der Waals surface area (Å²) in [5, 5.41) is 9.48. The molecule has 25 heavy (non-hydrogen) atoms. The highest BCUT2D eigenvalue weighted by Gasteiger charge is 2.38. The topological polar surface area (TPSA) is 70.4 Å². The van der Waals surface area contributed by atoms with Gasteiger partial charge in [0.1, 0.15) is 11.4 Å². The van der Waals surface area contributed by atoms with Crippen LogP contribution in [0, 0.1) is 17.1 Å². The van der Waals surface area contributed by atoms with E-state index in [-0.39, 0.29) is 5.82 Å². The summed E-state index contributed by atoms with van der Waals surface area (Å²) in [4.78, 5) is 25.4. The van der Waals surface area contributed by atoms with E-state index in [9.17, 15) is 19.2 Å². The van der Waals surface area contributed by atoms with Crippen molar-refractivity contribution < 1.29 is 18.7 Å². The van der Waals surface area contributed by atoms with Gasteiger partial charge in [-0.15, -0.1) is 0 Å². The summed E-state index contributed by atoms with van der Waals surface area (Å²) in [6.45, 7) is -0.410. The molecule has 0 spiro atoms. The molecule has 0 unspecified atom stereocenters. The minimum atomic E-state index is -0.800. The Labute approximate surface area is 146 Å². The van der Waals surface area contributed by atoms with E-state index in [1.54, 1.807) is 7.05 Å². The maximum absolute atomic E-state index is 12.8.